The van der Waals surface area contributed by atoms with Crippen molar-refractivity contribution in [2.24, 2.45) is 0 Å². The Morgan fingerprint density at radius 1 is 1.55 bits per heavy atom. The number of morpholine rings is 1. The zero-order valence-corrected chi connectivity index (χ0v) is 12.6. The Bertz CT molecular complexity index is 568. The highest BCUT2D eigenvalue weighted by Crippen LogP contribution is 2.31. The fraction of sp³-hybridized carbons (Fsp3) is 0.385. The fourth-order valence-electron chi connectivity index (χ4n) is 1.86. The third kappa shape index (κ3) is 3.21. The minimum atomic E-state index is -0.437. The molecule has 1 aromatic rings. The van der Waals surface area contributed by atoms with Crippen molar-refractivity contribution in [3.05, 3.63) is 21.9 Å². The van der Waals surface area contributed by atoms with Crippen LogP contribution in [0.4, 0.5) is 5.88 Å². The second-order valence-electron chi connectivity index (χ2n) is 4.15. The molecule has 1 fully saturated rings. The summed E-state index contributed by atoms with van der Waals surface area (Å²) >= 11 is 3.43. The van der Waals surface area contributed by atoms with Crippen LogP contribution in [0.15, 0.2) is 20.5 Å². The molecule has 1 aromatic heterocycles. The summed E-state index contributed by atoms with van der Waals surface area (Å²) in [5.74, 6) is 0.709. The van der Waals surface area contributed by atoms with E-state index in [-0.39, 0.29) is 5.57 Å². The molecule has 0 atom stereocenters. The van der Waals surface area contributed by atoms with E-state index in [1.807, 2.05) is 6.07 Å². The van der Waals surface area contributed by atoms with Crippen LogP contribution >= 0.6 is 15.9 Å². The number of rotatable bonds is 3. The third-order valence-electron chi connectivity index (χ3n) is 2.86. The van der Waals surface area contributed by atoms with E-state index < -0.39 is 5.91 Å². The maximum Gasteiger partial charge on any atom is 0.261 e. The lowest BCUT2D eigenvalue weighted by molar-refractivity contribution is -0.116. The molecule has 20 heavy (non-hydrogen) atoms. The fourth-order valence-corrected chi connectivity index (χ4v) is 2.41. The summed E-state index contributed by atoms with van der Waals surface area (Å²) in [4.78, 5) is 13.5. The first kappa shape index (κ1) is 14.6. The van der Waals surface area contributed by atoms with Gasteiger partial charge in [0.2, 0.25) is 5.88 Å². The Balaban J connectivity index is 2.24. The molecule has 1 aliphatic rings. The normalized spacial score (nSPS) is 15.8. The molecule has 1 aliphatic heterocycles. The summed E-state index contributed by atoms with van der Waals surface area (Å²) in [6.45, 7) is 2.80. The molecule has 0 bridgehead atoms. The van der Waals surface area contributed by atoms with Crippen LogP contribution in [0.5, 0.6) is 0 Å². The topological polar surface area (TPSA) is 78.5 Å². The average Bonchev–Trinajstić information content (AvgIpc) is 2.85. The molecule has 0 spiro atoms. The number of amides is 1. The summed E-state index contributed by atoms with van der Waals surface area (Å²) in [7, 11) is 1.48. The van der Waals surface area contributed by atoms with Crippen LogP contribution in [0.25, 0.3) is 6.08 Å². The van der Waals surface area contributed by atoms with E-state index in [1.165, 1.54) is 13.1 Å². The van der Waals surface area contributed by atoms with Crippen molar-refractivity contribution in [3.63, 3.8) is 0 Å². The van der Waals surface area contributed by atoms with Gasteiger partial charge >= 0.3 is 0 Å². The molecule has 1 saturated heterocycles. The highest BCUT2D eigenvalue weighted by atomic mass is 79.9. The highest BCUT2D eigenvalue weighted by Gasteiger charge is 2.19. The van der Waals surface area contributed by atoms with Gasteiger partial charge in [-0.2, -0.15) is 5.26 Å². The van der Waals surface area contributed by atoms with Gasteiger partial charge in [0.15, 0.2) is 0 Å². The Morgan fingerprint density at radius 2 is 2.25 bits per heavy atom. The van der Waals surface area contributed by atoms with Gasteiger partial charge in [0.1, 0.15) is 17.4 Å². The number of anilines is 1. The van der Waals surface area contributed by atoms with Crippen LogP contribution in [-0.4, -0.2) is 39.3 Å². The van der Waals surface area contributed by atoms with E-state index in [1.54, 1.807) is 6.07 Å². The third-order valence-corrected chi connectivity index (χ3v) is 3.43. The van der Waals surface area contributed by atoms with Crippen molar-refractivity contribution in [1.82, 2.24) is 5.32 Å². The zero-order chi connectivity index (χ0) is 14.5. The molecule has 0 aromatic carbocycles. The molecule has 1 amide bonds. The van der Waals surface area contributed by atoms with Gasteiger partial charge in [-0.1, -0.05) is 0 Å². The van der Waals surface area contributed by atoms with Crippen LogP contribution in [0.1, 0.15) is 5.76 Å². The molecule has 0 aliphatic carbocycles. The molecule has 106 valence electrons. The molecule has 2 heterocycles. The van der Waals surface area contributed by atoms with Crippen LogP contribution in [-0.2, 0) is 9.53 Å². The number of nitrogens with zero attached hydrogens (tertiary/aromatic N) is 2. The van der Waals surface area contributed by atoms with Gasteiger partial charge in [0, 0.05) is 32.3 Å². The molecule has 0 saturated carbocycles. The van der Waals surface area contributed by atoms with Crippen molar-refractivity contribution in [1.29, 1.82) is 5.26 Å². The first-order chi connectivity index (χ1) is 9.65. The lowest BCUT2D eigenvalue weighted by Gasteiger charge is -2.26. The number of carbonyl (C=O) groups is 1. The number of ether oxygens (including phenoxy) is 1. The summed E-state index contributed by atoms with van der Waals surface area (Å²) in [6.07, 6.45) is 1.42. The SMILES string of the molecule is CNC(=O)/C(C#N)=C\c1cc(Br)c(N2CCOCC2)o1. The van der Waals surface area contributed by atoms with Gasteiger partial charge in [-0.05, 0) is 15.9 Å². The summed E-state index contributed by atoms with van der Waals surface area (Å²) < 4.78 is 11.8. The number of nitriles is 1. The minimum absolute atomic E-state index is 0.00211. The van der Waals surface area contributed by atoms with Crippen molar-refractivity contribution in [3.8, 4) is 6.07 Å². The highest BCUT2D eigenvalue weighted by molar-refractivity contribution is 9.10. The largest absolute Gasteiger partial charge is 0.440 e. The number of hydrogen-bond donors (Lipinski definition) is 1. The number of hydrogen-bond acceptors (Lipinski definition) is 5. The number of halogens is 1. The molecule has 0 unspecified atom stereocenters. The lowest BCUT2D eigenvalue weighted by atomic mass is 10.2. The Hall–Kier alpha value is -1.78. The second-order valence-corrected chi connectivity index (χ2v) is 5.00. The predicted octanol–water partition coefficient (Wildman–Crippen LogP) is 1.53. The van der Waals surface area contributed by atoms with Gasteiger partial charge in [0.25, 0.3) is 5.91 Å². The summed E-state index contributed by atoms with van der Waals surface area (Å²) in [6, 6.07) is 3.59. The predicted molar refractivity (Wildman–Crippen MR) is 77.1 cm³/mol. The van der Waals surface area contributed by atoms with Gasteiger partial charge in [-0.25, -0.2) is 0 Å². The number of carbonyl (C=O) groups excluding carboxylic acids is 1. The van der Waals surface area contributed by atoms with E-state index in [0.717, 1.165) is 17.6 Å². The Labute approximate surface area is 125 Å². The van der Waals surface area contributed by atoms with E-state index in [2.05, 4.69) is 26.1 Å². The Morgan fingerprint density at radius 3 is 2.85 bits per heavy atom. The van der Waals surface area contributed by atoms with Crippen LogP contribution in [0.3, 0.4) is 0 Å². The summed E-state index contributed by atoms with van der Waals surface area (Å²) in [5.41, 5.74) is 0.00211. The van der Waals surface area contributed by atoms with Gasteiger partial charge in [0.05, 0.1) is 17.7 Å². The first-order valence-electron chi connectivity index (χ1n) is 6.11. The average molecular weight is 340 g/mol. The molecule has 0 radical (unpaired) electrons. The van der Waals surface area contributed by atoms with Crippen molar-refractivity contribution in [2.75, 3.05) is 38.3 Å². The van der Waals surface area contributed by atoms with E-state index >= 15 is 0 Å². The second kappa shape index (κ2) is 6.59. The van der Waals surface area contributed by atoms with Crippen molar-refractivity contribution in [2.45, 2.75) is 0 Å². The summed E-state index contributed by atoms with van der Waals surface area (Å²) in [5, 5.41) is 11.4. The van der Waals surface area contributed by atoms with Gasteiger partial charge in [-0.15, -0.1) is 0 Å². The molecular weight excluding hydrogens is 326 g/mol. The minimum Gasteiger partial charge on any atom is -0.440 e. The first-order valence-corrected chi connectivity index (χ1v) is 6.91. The van der Waals surface area contributed by atoms with E-state index in [0.29, 0.717) is 24.9 Å². The molecule has 1 N–H and O–H groups in total. The maximum absolute atomic E-state index is 11.5. The Kier molecular flexibility index (Phi) is 4.82. The standard InChI is InChI=1S/C13H14BrN3O3/c1-16-12(18)9(8-15)6-10-7-11(14)13(20-10)17-2-4-19-5-3-17/h6-7H,2-5H2,1H3,(H,16,18)/b9-6-. The molecule has 6 nitrogen and oxygen atoms in total. The lowest BCUT2D eigenvalue weighted by Crippen LogP contribution is -2.36. The van der Waals surface area contributed by atoms with E-state index in [9.17, 15) is 4.79 Å². The monoisotopic (exact) mass is 339 g/mol. The zero-order valence-electron chi connectivity index (χ0n) is 11.0. The number of furan rings is 1. The van der Waals surface area contributed by atoms with Gasteiger partial charge < -0.3 is 19.4 Å². The smallest absolute Gasteiger partial charge is 0.261 e. The van der Waals surface area contributed by atoms with Crippen molar-refractivity contribution >= 4 is 33.8 Å². The van der Waals surface area contributed by atoms with Crippen LogP contribution in [0.2, 0.25) is 0 Å². The maximum atomic E-state index is 11.5. The van der Waals surface area contributed by atoms with Crippen LogP contribution in [0, 0.1) is 11.3 Å². The quantitative estimate of drug-likeness (QED) is 0.667. The number of nitrogens with one attached hydrogen (secondary N) is 1. The van der Waals surface area contributed by atoms with Crippen LogP contribution < -0.4 is 10.2 Å². The number of likely N-dealkylation sites (N-methyl/N-ethyl adjacent to an activating group) is 1. The van der Waals surface area contributed by atoms with Gasteiger partial charge in [-0.3, -0.25) is 4.79 Å². The molecule has 2 rings (SSSR count). The van der Waals surface area contributed by atoms with Crippen molar-refractivity contribution < 1.29 is 13.9 Å². The van der Waals surface area contributed by atoms with E-state index in [4.69, 9.17) is 14.4 Å². The molecule has 7 heteroatoms. The molecular formula is C13H14BrN3O3.